The Morgan fingerprint density at radius 2 is 1.90 bits per heavy atom. The van der Waals surface area contributed by atoms with Crippen molar-refractivity contribution in [3.63, 3.8) is 0 Å². The van der Waals surface area contributed by atoms with Crippen molar-refractivity contribution in [2.75, 3.05) is 20.8 Å². The number of methoxy groups -OCH3 is 2. The van der Waals surface area contributed by atoms with E-state index in [1.807, 2.05) is 0 Å². The van der Waals surface area contributed by atoms with E-state index in [4.69, 9.17) is 15.2 Å². The molecule has 0 saturated heterocycles. The average Bonchev–Trinajstić information content (AvgIpc) is 2.95. The molecular weight excluding hydrogens is 322 g/mol. The maximum Gasteiger partial charge on any atom is 0.171 e. The number of halogens is 1. The molecule has 0 amide bonds. The Morgan fingerprint density at radius 3 is 2.35 bits per heavy atom. The minimum atomic E-state index is -0.0983. The monoisotopic (exact) mass is 341 g/mol. The molecule has 2 N–H and O–H groups in total. The molecule has 110 valence electrons. The lowest BCUT2D eigenvalue weighted by atomic mass is 9.78. The quantitative estimate of drug-likeness (QED) is 0.836. The summed E-state index contributed by atoms with van der Waals surface area (Å²) in [6, 6.07) is 1.79. The van der Waals surface area contributed by atoms with Gasteiger partial charge in [-0.25, -0.2) is 0 Å². The van der Waals surface area contributed by atoms with E-state index >= 15 is 0 Å². The van der Waals surface area contributed by atoms with Crippen molar-refractivity contribution < 1.29 is 14.3 Å². The summed E-state index contributed by atoms with van der Waals surface area (Å²) in [6.07, 6.45) is 5.15. The molecule has 0 spiro atoms. The van der Waals surface area contributed by atoms with Gasteiger partial charge in [0.15, 0.2) is 17.8 Å². The van der Waals surface area contributed by atoms with Crippen molar-refractivity contribution in [2.24, 2.45) is 5.73 Å². The first kappa shape index (κ1) is 15.3. The summed E-state index contributed by atoms with van der Waals surface area (Å²) in [5, 5.41) is 0. The van der Waals surface area contributed by atoms with Crippen LogP contribution in [0.15, 0.2) is 10.5 Å². The standard InChI is InChI=1S/C15H20BrNO3/c1-19-13-10(8-18)7-11(16)12(14(13)20-2)15(9-17)5-3-4-6-15/h7-8H,3-6,9,17H2,1-2H3. The Balaban J connectivity index is 2.71. The summed E-state index contributed by atoms with van der Waals surface area (Å²) in [5.74, 6) is 1.11. The molecule has 0 atom stereocenters. The maximum absolute atomic E-state index is 11.2. The second-order valence-corrected chi connectivity index (χ2v) is 6.05. The van der Waals surface area contributed by atoms with Crippen molar-refractivity contribution >= 4 is 22.2 Å². The molecular formula is C15H20BrNO3. The van der Waals surface area contributed by atoms with Crippen LogP contribution in [0.5, 0.6) is 11.5 Å². The van der Waals surface area contributed by atoms with Gasteiger partial charge in [-0.1, -0.05) is 28.8 Å². The van der Waals surface area contributed by atoms with Crippen LogP contribution in [0.2, 0.25) is 0 Å². The fourth-order valence-electron chi connectivity index (χ4n) is 3.22. The van der Waals surface area contributed by atoms with Crippen LogP contribution in [0, 0.1) is 0 Å². The molecule has 0 bridgehead atoms. The molecule has 1 aliphatic rings. The van der Waals surface area contributed by atoms with E-state index in [1.165, 1.54) is 0 Å². The van der Waals surface area contributed by atoms with Crippen molar-refractivity contribution in [3.8, 4) is 11.5 Å². The van der Waals surface area contributed by atoms with Crippen molar-refractivity contribution in [1.82, 2.24) is 0 Å². The lowest BCUT2D eigenvalue weighted by Gasteiger charge is -2.31. The molecule has 0 heterocycles. The van der Waals surface area contributed by atoms with Gasteiger partial charge in [-0.15, -0.1) is 0 Å². The van der Waals surface area contributed by atoms with Crippen LogP contribution in [0.3, 0.4) is 0 Å². The fourth-order valence-corrected chi connectivity index (χ4v) is 4.07. The van der Waals surface area contributed by atoms with E-state index in [1.54, 1.807) is 20.3 Å². The highest BCUT2D eigenvalue weighted by Gasteiger charge is 2.39. The Labute approximate surface area is 127 Å². The third kappa shape index (κ3) is 2.33. The number of benzene rings is 1. The van der Waals surface area contributed by atoms with Crippen LogP contribution in [0.4, 0.5) is 0 Å². The van der Waals surface area contributed by atoms with Gasteiger partial charge in [0.05, 0.1) is 19.8 Å². The molecule has 2 rings (SSSR count). The van der Waals surface area contributed by atoms with E-state index in [0.717, 1.165) is 42.0 Å². The Morgan fingerprint density at radius 1 is 1.30 bits per heavy atom. The first-order valence-corrected chi connectivity index (χ1v) is 7.53. The largest absolute Gasteiger partial charge is 0.492 e. The van der Waals surface area contributed by atoms with Crippen LogP contribution in [0.1, 0.15) is 41.6 Å². The summed E-state index contributed by atoms with van der Waals surface area (Å²) in [5.41, 5.74) is 7.48. The number of hydrogen-bond acceptors (Lipinski definition) is 4. The molecule has 20 heavy (non-hydrogen) atoms. The average molecular weight is 342 g/mol. The van der Waals surface area contributed by atoms with Gasteiger partial charge >= 0.3 is 0 Å². The number of nitrogens with two attached hydrogens (primary N) is 1. The predicted molar refractivity (Wildman–Crippen MR) is 81.8 cm³/mol. The van der Waals surface area contributed by atoms with Crippen molar-refractivity contribution in [1.29, 1.82) is 0 Å². The molecule has 0 unspecified atom stereocenters. The van der Waals surface area contributed by atoms with E-state index in [2.05, 4.69) is 15.9 Å². The summed E-state index contributed by atoms with van der Waals surface area (Å²) in [6.45, 7) is 0.561. The summed E-state index contributed by atoms with van der Waals surface area (Å²) in [7, 11) is 3.15. The van der Waals surface area contributed by atoms with Gasteiger partial charge in [0.1, 0.15) is 0 Å². The van der Waals surface area contributed by atoms with Crippen LogP contribution in [-0.2, 0) is 5.41 Å². The number of ether oxygens (including phenoxy) is 2. The molecule has 4 nitrogen and oxygen atoms in total. The minimum absolute atomic E-state index is 0.0983. The van der Waals surface area contributed by atoms with Crippen LogP contribution in [-0.4, -0.2) is 27.1 Å². The smallest absolute Gasteiger partial charge is 0.171 e. The van der Waals surface area contributed by atoms with Crippen LogP contribution < -0.4 is 15.2 Å². The molecule has 0 aromatic heterocycles. The highest BCUT2D eigenvalue weighted by Crippen LogP contribution is 2.50. The number of rotatable bonds is 5. The Bertz CT molecular complexity index is 510. The summed E-state index contributed by atoms with van der Waals surface area (Å²) < 4.78 is 11.8. The predicted octanol–water partition coefficient (Wildman–Crippen LogP) is 3.05. The summed E-state index contributed by atoms with van der Waals surface area (Å²) >= 11 is 3.58. The SMILES string of the molecule is COc1c(C=O)cc(Br)c(C2(CN)CCCC2)c1OC. The highest BCUT2D eigenvalue weighted by atomic mass is 79.9. The normalized spacial score (nSPS) is 17.0. The topological polar surface area (TPSA) is 61.5 Å². The molecule has 5 heteroatoms. The van der Waals surface area contributed by atoms with Crippen molar-refractivity contribution in [3.05, 3.63) is 21.7 Å². The molecule has 1 aliphatic carbocycles. The Kier molecular flexibility index (Phi) is 4.70. The number of aldehydes is 1. The lowest BCUT2D eigenvalue weighted by molar-refractivity contribution is 0.111. The number of hydrogen-bond donors (Lipinski definition) is 1. The first-order valence-electron chi connectivity index (χ1n) is 6.73. The number of carbonyl (C=O) groups is 1. The van der Waals surface area contributed by atoms with Crippen molar-refractivity contribution in [2.45, 2.75) is 31.1 Å². The zero-order valence-electron chi connectivity index (χ0n) is 11.9. The van der Waals surface area contributed by atoms with Crippen LogP contribution in [0.25, 0.3) is 0 Å². The second kappa shape index (κ2) is 6.14. The molecule has 0 aliphatic heterocycles. The molecule has 1 aromatic rings. The summed E-state index contributed by atoms with van der Waals surface area (Å²) in [4.78, 5) is 11.2. The van der Waals surface area contributed by atoms with E-state index in [-0.39, 0.29) is 5.41 Å². The van der Waals surface area contributed by atoms with E-state index < -0.39 is 0 Å². The van der Waals surface area contributed by atoms with Gasteiger partial charge in [0.25, 0.3) is 0 Å². The second-order valence-electron chi connectivity index (χ2n) is 5.20. The minimum Gasteiger partial charge on any atom is -0.492 e. The molecule has 0 radical (unpaired) electrons. The molecule has 1 fully saturated rings. The zero-order chi connectivity index (χ0) is 14.8. The van der Waals surface area contributed by atoms with Gasteiger partial charge in [-0.3, -0.25) is 4.79 Å². The third-order valence-electron chi connectivity index (χ3n) is 4.23. The van der Waals surface area contributed by atoms with E-state index in [9.17, 15) is 4.79 Å². The Hall–Kier alpha value is -1.07. The van der Waals surface area contributed by atoms with Gasteiger partial charge < -0.3 is 15.2 Å². The third-order valence-corrected chi connectivity index (χ3v) is 4.86. The molecule has 1 saturated carbocycles. The molecule has 1 aromatic carbocycles. The van der Waals surface area contributed by atoms with Gasteiger partial charge in [-0.05, 0) is 18.9 Å². The fraction of sp³-hybridized carbons (Fsp3) is 0.533. The first-order chi connectivity index (χ1) is 9.63. The zero-order valence-corrected chi connectivity index (χ0v) is 13.5. The number of carbonyl (C=O) groups excluding carboxylic acids is 1. The van der Waals surface area contributed by atoms with Gasteiger partial charge in [-0.2, -0.15) is 0 Å². The van der Waals surface area contributed by atoms with Gasteiger partial charge in [0, 0.05) is 22.0 Å². The van der Waals surface area contributed by atoms with Crippen LogP contribution >= 0.6 is 15.9 Å². The maximum atomic E-state index is 11.2. The lowest BCUT2D eigenvalue weighted by Crippen LogP contribution is -2.33. The highest BCUT2D eigenvalue weighted by molar-refractivity contribution is 9.10. The van der Waals surface area contributed by atoms with E-state index in [0.29, 0.717) is 23.6 Å². The van der Waals surface area contributed by atoms with Gasteiger partial charge in [0.2, 0.25) is 0 Å².